The van der Waals surface area contributed by atoms with Crippen molar-refractivity contribution in [3.63, 3.8) is 0 Å². The predicted octanol–water partition coefficient (Wildman–Crippen LogP) is 5.59. The molecule has 112 valence electrons. The summed E-state index contributed by atoms with van der Waals surface area (Å²) in [6.07, 6.45) is 2.41. The van der Waals surface area contributed by atoms with Gasteiger partial charge >= 0.3 is 0 Å². The summed E-state index contributed by atoms with van der Waals surface area (Å²) >= 11 is 12.2. The van der Waals surface area contributed by atoms with Crippen molar-refractivity contribution < 1.29 is 4.79 Å². The smallest absolute Gasteiger partial charge is 0.164 e. The molecule has 0 aliphatic carbocycles. The number of ketones is 1. The largest absolute Gasteiger partial charge is 0.342 e. The summed E-state index contributed by atoms with van der Waals surface area (Å²) < 4.78 is 2.06. The Morgan fingerprint density at radius 2 is 1.91 bits per heavy atom. The fourth-order valence-corrected chi connectivity index (χ4v) is 3.09. The number of rotatable bonds is 4. The second-order valence-electron chi connectivity index (χ2n) is 5.20. The minimum absolute atomic E-state index is 0.150. The van der Waals surface area contributed by atoms with Crippen LogP contribution in [0.1, 0.15) is 29.3 Å². The molecular formula is C18H15Cl2NO. The number of benzene rings is 2. The van der Waals surface area contributed by atoms with Crippen molar-refractivity contribution in [3.05, 3.63) is 69.8 Å². The van der Waals surface area contributed by atoms with Crippen LogP contribution in [0.4, 0.5) is 0 Å². The SMILES string of the molecule is CCC(=O)c1cn(Cc2ccc(Cl)cc2Cl)c2ccccc12. The zero-order chi connectivity index (χ0) is 15.7. The molecule has 0 amide bonds. The topological polar surface area (TPSA) is 22.0 Å². The van der Waals surface area contributed by atoms with E-state index in [1.807, 2.05) is 49.5 Å². The number of nitrogens with zero attached hydrogens (tertiary/aromatic N) is 1. The Kier molecular flexibility index (Phi) is 4.23. The first kappa shape index (κ1) is 15.1. The first-order valence-electron chi connectivity index (χ1n) is 7.15. The van der Waals surface area contributed by atoms with Gasteiger partial charge in [-0.2, -0.15) is 0 Å². The summed E-state index contributed by atoms with van der Waals surface area (Å²) in [5.74, 6) is 0.150. The van der Waals surface area contributed by atoms with E-state index < -0.39 is 0 Å². The van der Waals surface area contributed by atoms with Gasteiger partial charge in [-0.05, 0) is 23.8 Å². The lowest BCUT2D eigenvalue weighted by Crippen LogP contribution is -1.99. The second-order valence-corrected chi connectivity index (χ2v) is 6.04. The first-order valence-corrected chi connectivity index (χ1v) is 7.90. The molecule has 0 aliphatic heterocycles. The number of Topliss-reactive ketones (excluding diaryl/α,β-unsaturated/α-hetero) is 1. The molecule has 0 atom stereocenters. The highest BCUT2D eigenvalue weighted by Crippen LogP contribution is 2.26. The molecule has 3 aromatic rings. The lowest BCUT2D eigenvalue weighted by atomic mass is 10.1. The van der Waals surface area contributed by atoms with E-state index in [9.17, 15) is 4.79 Å². The molecule has 0 N–H and O–H groups in total. The van der Waals surface area contributed by atoms with E-state index in [0.29, 0.717) is 23.0 Å². The maximum atomic E-state index is 12.1. The summed E-state index contributed by atoms with van der Waals surface area (Å²) in [5, 5.41) is 2.24. The van der Waals surface area contributed by atoms with Crippen molar-refractivity contribution in [2.45, 2.75) is 19.9 Å². The maximum absolute atomic E-state index is 12.1. The molecule has 0 radical (unpaired) electrons. The summed E-state index contributed by atoms with van der Waals surface area (Å²) in [6.45, 7) is 2.48. The van der Waals surface area contributed by atoms with Crippen molar-refractivity contribution in [1.82, 2.24) is 4.57 Å². The number of halogens is 2. The lowest BCUT2D eigenvalue weighted by Gasteiger charge is -2.08. The predicted molar refractivity (Wildman–Crippen MR) is 92.1 cm³/mol. The highest BCUT2D eigenvalue weighted by atomic mass is 35.5. The van der Waals surface area contributed by atoms with E-state index in [0.717, 1.165) is 22.0 Å². The Morgan fingerprint density at radius 1 is 1.14 bits per heavy atom. The molecule has 0 fully saturated rings. The molecule has 0 saturated heterocycles. The molecule has 1 heterocycles. The quantitative estimate of drug-likeness (QED) is 0.571. The summed E-state index contributed by atoms with van der Waals surface area (Å²) in [7, 11) is 0. The molecule has 4 heteroatoms. The van der Waals surface area contributed by atoms with Crippen LogP contribution in [0.5, 0.6) is 0 Å². The fraction of sp³-hybridized carbons (Fsp3) is 0.167. The third kappa shape index (κ3) is 2.77. The van der Waals surface area contributed by atoms with Crippen LogP contribution in [-0.4, -0.2) is 10.4 Å². The van der Waals surface area contributed by atoms with Crippen molar-refractivity contribution in [3.8, 4) is 0 Å². The number of fused-ring (bicyclic) bond motifs is 1. The number of para-hydroxylation sites is 1. The third-order valence-electron chi connectivity index (χ3n) is 3.77. The van der Waals surface area contributed by atoms with Gasteiger partial charge in [-0.3, -0.25) is 4.79 Å². The summed E-state index contributed by atoms with van der Waals surface area (Å²) in [4.78, 5) is 12.1. The fourth-order valence-electron chi connectivity index (χ4n) is 2.62. The summed E-state index contributed by atoms with van der Waals surface area (Å²) in [6, 6.07) is 13.4. The minimum Gasteiger partial charge on any atom is -0.342 e. The number of hydrogen-bond acceptors (Lipinski definition) is 1. The van der Waals surface area contributed by atoms with Crippen LogP contribution in [0.3, 0.4) is 0 Å². The van der Waals surface area contributed by atoms with Crippen molar-refractivity contribution in [1.29, 1.82) is 0 Å². The van der Waals surface area contributed by atoms with Crippen molar-refractivity contribution >= 4 is 39.9 Å². The van der Waals surface area contributed by atoms with Crippen LogP contribution < -0.4 is 0 Å². The Balaban J connectivity index is 2.09. The van der Waals surface area contributed by atoms with E-state index in [1.165, 1.54) is 0 Å². The highest BCUT2D eigenvalue weighted by Gasteiger charge is 2.14. The molecule has 3 rings (SSSR count). The third-order valence-corrected chi connectivity index (χ3v) is 4.35. The zero-order valence-electron chi connectivity index (χ0n) is 12.1. The van der Waals surface area contributed by atoms with Gasteiger partial charge in [0.05, 0.1) is 0 Å². The van der Waals surface area contributed by atoms with Crippen LogP contribution in [0.2, 0.25) is 10.0 Å². The van der Waals surface area contributed by atoms with Crippen molar-refractivity contribution in [2.75, 3.05) is 0 Å². The molecule has 0 unspecified atom stereocenters. The average molecular weight is 332 g/mol. The lowest BCUT2D eigenvalue weighted by molar-refractivity contribution is 0.0989. The van der Waals surface area contributed by atoms with Gasteiger partial charge in [0.15, 0.2) is 5.78 Å². The average Bonchev–Trinajstić information content (AvgIpc) is 2.88. The highest BCUT2D eigenvalue weighted by molar-refractivity contribution is 6.35. The number of carbonyl (C=O) groups is 1. The zero-order valence-corrected chi connectivity index (χ0v) is 13.7. The minimum atomic E-state index is 0.150. The number of aromatic nitrogens is 1. The molecule has 1 aromatic heterocycles. The molecule has 2 nitrogen and oxygen atoms in total. The van der Waals surface area contributed by atoms with Crippen molar-refractivity contribution in [2.24, 2.45) is 0 Å². The molecule has 0 aliphatic rings. The Labute approximate surface area is 139 Å². The van der Waals surface area contributed by atoms with Gasteiger partial charge in [-0.1, -0.05) is 54.4 Å². The van der Waals surface area contributed by atoms with E-state index in [-0.39, 0.29) is 5.78 Å². The first-order chi connectivity index (χ1) is 10.6. The van der Waals surface area contributed by atoms with Crippen LogP contribution in [0.25, 0.3) is 10.9 Å². The normalized spacial score (nSPS) is 11.0. The molecule has 0 saturated carbocycles. The van der Waals surface area contributed by atoms with Gasteiger partial charge in [0.1, 0.15) is 0 Å². The van der Waals surface area contributed by atoms with E-state index in [2.05, 4.69) is 4.57 Å². The standard InChI is InChI=1S/C18H15Cl2NO/c1-2-18(22)15-11-21(17-6-4-3-5-14(15)17)10-12-7-8-13(19)9-16(12)20/h3-9,11H,2,10H2,1H3. The van der Waals surface area contributed by atoms with E-state index in [4.69, 9.17) is 23.2 Å². The molecule has 0 bridgehead atoms. The van der Waals surface area contributed by atoms with Gasteiger partial charge in [0, 0.05) is 45.7 Å². The van der Waals surface area contributed by atoms with Gasteiger partial charge in [0.25, 0.3) is 0 Å². The Bertz CT molecular complexity index is 851. The maximum Gasteiger partial charge on any atom is 0.164 e. The van der Waals surface area contributed by atoms with Crippen LogP contribution in [0, 0.1) is 0 Å². The molecule has 22 heavy (non-hydrogen) atoms. The Morgan fingerprint density at radius 3 is 2.64 bits per heavy atom. The second kappa shape index (κ2) is 6.15. The molecule has 0 spiro atoms. The van der Waals surface area contributed by atoms with E-state index in [1.54, 1.807) is 6.07 Å². The van der Waals surface area contributed by atoms with Crippen LogP contribution in [-0.2, 0) is 6.54 Å². The van der Waals surface area contributed by atoms with Gasteiger partial charge < -0.3 is 4.57 Å². The van der Waals surface area contributed by atoms with Gasteiger partial charge in [0.2, 0.25) is 0 Å². The van der Waals surface area contributed by atoms with Gasteiger partial charge in [-0.15, -0.1) is 0 Å². The van der Waals surface area contributed by atoms with E-state index >= 15 is 0 Å². The summed E-state index contributed by atoms with van der Waals surface area (Å²) in [5.41, 5.74) is 2.77. The Hall–Kier alpha value is -1.77. The molecule has 2 aromatic carbocycles. The number of carbonyl (C=O) groups excluding carboxylic acids is 1. The monoisotopic (exact) mass is 331 g/mol. The number of hydrogen-bond donors (Lipinski definition) is 0. The van der Waals surface area contributed by atoms with Crippen LogP contribution in [0.15, 0.2) is 48.7 Å². The van der Waals surface area contributed by atoms with Crippen LogP contribution >= 0.6 is 23.2 Å². The molecular weight excluding hydrogens is 317 g/mol. The van der Waals surface area contributed by atoms with Gasteiger partial charge in [-0.25, -0.2) is 0 Å².